The van der Waals surface area contributed by atoms with Crippen molar-refractivity contribution in [1.29, 1.82) is 0 Å². The zero-order valence-corrected chi connectivity index (χ0v) is 22.5. The Balaban J connectivity index is 0.00000158. The molecule has 7 heteroatoms. The lowest BCUT2D eigenvalue weighted by Crippen LogP contribution is -2.44. The van der Waals surface area contributed by atoms with E-state index in [1.54, 1.807) is 0 Å². The Morgan fingerprint density at radius 3 is 2.79 bits per heavy atom. The van der Waals surface area contributed by atoms with Crippen LogP contribution in [0.3, 0.4) is 0 Å². The highest BCUT2D eigenvalue weighted by Crippen LogP contribution is 2.40. The maximum atomic E-state index is 5.72. The van der Waals surface area contributed by atoms with Gasteiger partial charge < -0.3 is 14.5 Å². The van der Waals surface area contributed by atoms with Crippen LogP contribution in [0.4, 0.5) is 11.5 Å². The summed E-state index contributed by atoms with van der Waals surface area (Å²) in [6, 6.07) is 4.66. The first kappa shape index (κ1) is 26.4. The smallest absolute Gasteiger partial charge is 0.130 e. The summed E-state index contributed by atoms with van der Waals surface area (Å²) in [5.41, 5.74) is 7.08. The molecule has 0 radical (unpaired) electrons. The van der Waals surface area contributed by atoms with Gasteiger partial charge in [-0.2, -0.15) is 16.9 Å². The van der Waals surface area contributed by atoms with Gasteiger partial charge in [-0.3, -0.25) is 5.10 Å². The predicted molar refractivity (Wildman–Crippen MR) is 148 cm³/mol. The number of aromatic nitrogens is 3. The number of morpholine rings is 1. The van der Waals surface area contributed by atoms with Gasteiger partial charge in [-0.15, -0.1) is 0 Å². The summed E-state index contributed by atoms with van der Waals surface area (Å²) in [5.74, 6) is 3.28. The Labute approximate surface area is 209 Å². The van der Waals surface area contributed by atoms with E-state index in [1.807, 2.05) is 37.9 Å². The van der Waals surface area contributed by atoms with Gasteiger partial charge in [0.15, 0.2) is 0 Å². The van der Waals surface area contributed by atoms with Gasteiger partial charge in [-0.25, -0.2) is 4.98 Å². The van der Waals surface area contributed by atoms with E-state index in [9.17, 15) is 0 Å². The minimum Gasteiger partial charge on any atom is -0.377 e. The quantitative estimate of drug-likeness (QED) is 0.531. The molecule has 1 saturated heterocycles. The minimum absolute atomic E-state index is 0.299. The minimum atomic E-state index is 0.299. The lowest BCUT2D eigenvalue weighted by atomic mass is 9.95. The Hall–Kier alpha value is -2.25. The molecule has 0 aromatic carbocycles. The standard InChI is InChI=1S/C25H35N5OS.C2H6/c1-5-6-7-20(22-8-11-26-28-22)24-25(29(3)4)21(19-9-14-32-15-10-19)16-23(27-24)30-12-13-31-17-18(30)2;1-2/h7-9,11,16,18H,5-6,10,12-15,17H2,1-4H3,(H,26,28);1-2H3/b20-7+;. The summed E-state index contributed by atoms with van der Waals surface area (Å²) in [5, 5.41) is 7.43. The van der Waals surface area contributed by atoms with E-state index in [2.05, 4.69) is 66.2 Å². The second-order valence-electron chi connectivity index (χ2n) is 8.67. The van der Waals surface area contributed by atoms with Crippen molar-refractivity contribution in [2.75, 3.05) is 55.2 Å². The third-order valence-corrected chi connectivity index (χ3v) is 6.98. The van der Waals surface area contributed by atoms with Gasteiger partial charge in [-0.1, -0.05) is 39.3 Å². The molecule has 1 unspecified atom stereocenters. The van der Waals surface area contributed by atoms with Crippen molar-refractivity contribution in [1.82, 2.24) is 15.2 Å². The van der Waals surface area contributed by atoms with Crippen molar-refractivity contribution < 1.29 is 4.74 Å². The lowest BCUT2D eigenvalue weighted by Gasteiger charge is -2.36. The number of rotatable bonds is 7. The number of hydrogen-bond donors (Lipinski definition) is 1. The number of pyridine rings is 1. The van der Waals surface area contributed by atoms with E-state index >= 15 is 0 Å². The second-order valence-corrected chi connectivity index (χ2v) is 9.82. The average molecular weight is 484 g/mol. The molecule has 4 rings (SSSR count). The van der Waals surface area contributed by atoms with Crippen molar-refractivity contribution in [3.63, 3.8) is 0 Å². The van der Waals surface area contributed by atoms with Gasteiger partial charge in [-0.05, 0) is 43.2 Å². The van der Waals surface area contributed by atoms with Crippen LogP contribution in [0.5, 0.6) is 0 Å². The molecule has 4 heterocycles. The highest BCUT2D eigenvalue weighted by Gasteiger charge is 2.26. The maximum Gasteiger partial charge on any atom is 0.130 e. The van der Waals surface area contributed by atoms with Gasteiger partial charge in [0.2, 0.25) is 0 Å². The van der Waals surface area contributed by atoms with Crippen LogP contribution < -0.4 is 9.80 Å². The monoisotopic (exact) mass is 483 g/mol. The first-order valence-corrected chi connectivity index (χ1v) is 13.8. The Bertz CT molecular complexity index is 968. The molecule has 0 bridgehead atoms. The molecule has 2 aliphatic heterocycles. The van der Waals surface area contributed by atoms with Crippen LogP contribution in [0.25, 0.3) is 11.1 Å². The number of ether oxygens (including phenoxy) is 1. The molecular weight excluding hydrogens is 442 g/mol. The first-order valence-electron chi connectivity index (χ1n) is 12.6. The number of nitrogens with zero attached hydrogens (tertiary/aromatic N) is 4. The van der Waals surface area contributed by atoms with Crippen LogP contribution >= 0.6 is 11.8 Å². The molecule has 6 nitrogen and oxygen atoms in total. The second kappa shape index (κ2) is 13.0. The van der Waals surface area contributed by atoms with Crippen molar-refractivity contribution in [3.05, 3.63) is 47.4 Å². The molecule has 0 saturated carbocycles. The van der Waals surface area contributed by atoms with E-state index in [0.29, 0.717) is 6.04 Å². The summed E-state index contributed by atoms with van der Waals surface area (Å²) >= 11 is 2.00. The molecule has 2 aliphatic rings. The summed E-state index contributed by atoms with van der Waals surface area (Å²) in [4.78, 5) is 9.94. The van der Waals surface area contributed by atoms with Gasteiger partial charge in [0.1, 0.15) is 5.82 Å². The fourth-order valence-corrected chi connectivity index (χ4v) is 5.28. The SMILES string of the molecule is CC.CCC/C=C(\c1ccn[nH]1)c1nc(N2CCOCC2C)cc(C2=CCSCC2)c1N(C)C. The highest BCUT2D eigenvalue weighted by molar-refractivity contribution is 7.99. The molecule has 1 N–H and O–H groups in total. The Morgan fingerprint density at radius 1 is 1.35 bits per heavy atom. The number of allylic oxidation sites excluding steroid dienone is 2. The van der Waals surface area contributed by atoms with E-state index in [4.69, 9.17) is 9.72 Å². The maximum absolute atomic E-state index is 5.72. The molecule has 2 aromatic rings. The van der Waals surface area contributed by atoms with Gasteiger partial charge in [0.05, 0.1) is 36.3 Å². The number of unbranched alkanes of at least 4 members (excludes halogenated alkanes) is 1. The fraction of sp³-hybridized carbons (Fsp3) is 0.556. The van der Waals surface area contributed by atoms with Crippen molar-refractivity contribution >= 4 is 34.4 Å². The fourth-order valence-electron chi connectivity index (χ4n) is 4.43. The molecule has 186 valence electrons. The molecule has 1 fully saturated rings. The number of nitrogens with one attached hydrogen (secondary N) is 1. The summed E-state index contributed by atoms with van der Waals surface area (Å²) in [7, 11) is 4.26. The van der Waals surface area contributed by atoms with Crippen LogP contribution in [-0.2, 0) is 4.74 Å². The van der Waals surface area contributed by atoms with E-state index in [-0.39, 0.29) is 0 Å². The summed E-state index contributed by atoms with van der Waals surface area (Å²) in [6.07, 6.45) is 9.70. The van der Waals surface area contributed by atoms with Crippen LogP contribution in [0.15, 0.2) is 30.5 Å². The topological polar surface area (TPSA) is 57.3 Å². The van der Waals surface area contributed by atoms with E-state index < -0.39 is 0 Å². The Morgan fingerprint density at radius 2 is 2.18 bits per heavy atom. The van der Waals surface area contributed by atoms with Gasteiger partial charge in [0.25, 0.3) is 0 Å². The number of H-pyrrole nitrogens is 1. The van der Waals surface area contributed by atoms with Crippen LogP contribution in [0, 0.1) is 0 Å². The Kier molecular flexibility index (Phi) is 10.1. The van der Waals surface area contributed by atoms with Crippen molar-refractivity contribution in [3.8, 4) is 0 Å². The number of aromatic amines is 1. The van der Waals surface area contributed by atoms with Crippen LogP contribution in [0.1, 0.15) is 63.9 Å². The van der Waals surface area contributed by atoms with Gasteiger partial charge >= 0.3 is 0 Å². The molecule has 0 spiro atoms. The molecule has 34 heavy (non-hydrogen) atoms. The molecule has 0 aliphatic carbocycles. The number of anilines is 2. The largest absolute Gasteiger partial charge is 0.377 e. The third kappa shape index (κ3) is 6.05. The van der Waals surface area contributed by atoms with E-state index in [0.717, 1.165) is 67.6 Å². The predicted octanol–water partition coefficient (Wildman–Crippen LogP) is 5.87. The van der Waals surface area contributed by atoms with Crippen LogP contribution in [-0.4, -0.2) is 66.6 Å². The highest BCUT2D eigenvalue weighted by atomic mass is 32.2. The van der Waals surface area contributed by atoms with E-state index in [1.165, 1.54) is 22.6 Å². The normalized spacial score (nSPS) is 18.8. The molecule has 1 atom stereocenters. The average Bonchev–Trinajstić information content (AvgIpc) is 3.40. The molecule has 2 aromatic heterocycles. The number of hydrogen-bond acceptors (Lipinski definition) is 6. The number of thioether (sulfide) groups is 1. The summed E-state index contributed by atoms with van der Waals surface area (Å²) in [6.45, 7) is 10.8. The van der Waals surface area contributed by atoms with Crippen LogP contribution in [0.2, 0.25) is 0 Å². The zero-order chi connectivity index (χ0) is 24.5. The molecule has 0 amide bonds. The zero-order valence-electron chi connectivity index (χ0n) is 21.7. The van der Waals surface area contributed by atoms with Crippen molar-refractivity contribution in [2.45, 2.75) is 53.0 Å². The lowest BCUT2D eigenvalue weighted by molar-refractivity contribution is 0.0985. The van der Waals surface area contributed by atoms with Crippen molar-refractivity contribution in [2.24, 2.45) is 0 Å². The van der Waals surface area contributed by atoms with Gasteiger partial charge in [0, 0.05) is 43.7 Å². The third-order valence-electron chi connectivity index (χ3n) is 6.08. The summed E-state index contributed by atoms with van der Waals surface area (Å²) < 4.78 is 5.72. The molecular formula is C27H41N5OS. The first-order chi connectivity index (χ1) is 16.6.